The summed E-state index contributed by atoms with van der Waals surface area (Å²) in [4.78, 5) is 10.4. The Bertz CT molecular complexity index is 311. The predicted molar refractivity (Wildman–Crippen MR) is 47.5 cm³/mol. The van der Waals surface area contributed by atoms with E-state index in [1.807, 2.05) is 20.8 Å². The summed E-state index contributed by atoms with van der Waals surface area (Å²) in [6.07, 6.45) is -0.855. The number of nitrogens with zero attached hydrogens (tertiary/aromatic N) is 1. The maximum absolute atomic E-state index is 10.4. The van der Waals surface area contributed by atoms with Crippen LogP contribution in [-0.4, -0.2) is 16.3 Å². The molecule has 0 atom stereocenters. The topological polar surface area (TPSA) is 81.0 Å². The second-order valence-electron chi connectivity index (χ2n) is 3.79. The van der Waals surface area contributed by atoms with Crippen LogP contribution in [0.1, 0.15) is 26.5 Å². The third-order valence-corrected chi connectivity index (χ3v) is 1.57. The number of hydrogen-bond donors (Lipinski definition) is 2. The van der Waals surface area contributed by atoms with Gasteiger partial charge in [0.25, 0.3) is 0 Å². The smallest absolute Gasteiger partial charge is 0.390 e. The summed E-state index contributed by atoms with van der Waals surface area (Å²) in [5, 5.41) is 6.54. The minimum Gasteiger partial charge on any atom is -0.390 e. The van der Waals surface area contributed by atoms with Gasteiger partial charge in [-0.1, -0.05) is 20.8 Å². The largest absolute Gasteiger partial charge is 0.411 e. The standard InChI is InChI=1S/C8H13N3O2/c1-8(2,3)5-4-6(11-10-5)13-7(9)12/h4H,1-3H3,(H2,9,12)(H,10,11). The zero-order valence-electron chi connectivity index (χ0n) is 7.92. The number of amides is 1. The summed E-state index contributed by atoms with van der Waals surface area (Å²) >= 11 is 0. The maximum Gasteiger partial charge on any atom is 0.411 e. The van der Waals surface area contributed by atoms with Crippen molar-refractivity contribution >= 4 is 6.09 Å². The number of rotatable bonds is 1. The lowest BCUT2D eigenvalue weighted by molar-refractivity contribution is 0.209. The second-order valence-corrected chi connectivity index (χ2v) is 3.79. The van der Waals surface area contributed by atoms with Crippen molar-refractivity contribution in [2.75, 3.05) is 0 Å². The summed E-state index contributed by atoms with van der Waals surface area (Å²) in [5.41, 5.74) is 5.67. The van der Waals surface area contributed by atoms with E-state index in [-0.39, 0.29) is 11.3 Å². The van der Waals surface area contributed by atoms with E-state index in [0.717, 1.165) is 5.69 Å². The van der Waals surface area contributed by atoms with Gasteiger partial charge in [0.15, 0.2) is 0 Å². The fourth-order valence-corrected chi connectivity index (χ4v) is 0.843. The molecule has 1 aromatic heterocycles. The molecule has 0 aliphatic rings. The number of carbonyl (C=O) groups excluding carboxylic acids is 1. The number of H-pyrrole nitrogens is 1. The number of ether oxygens (including phenoxy) is 1. The molecule has 1 heterocycles. The quantitative estimate of drug-likeness (QED) is 0.685. The number of hydrogen-bond acceptors (Lipinski definition) is 3. The molecule has 1 amide bonds. The lowest BCUT2D eigenvalue weighted by Gasteiger charge is -2.14. The lowest BCUT2D eigenvalue weighted by atomic mass is 9.93. The van der Waals surface area contributed by atoms with Gasteiger partial charge in [0.1, 0.15) is 0 Å². The minimum atomic E-state index is -0.855. The second kappa shape index (κ2) is 3.08. The average Bonchev–Trinajstić information content (AvgIpc) is 2.32. The van der Waals surface area contributed by atoms with Crippen molar-refractivity contribution in [1.82, 2.24) is 10.2 Å². The van der Waals surface area contributed by atoms with Crippen LogP contribution in [0.2, 0.25) is 0 Å². The molecule has 0 saturated carbocycles. The molecule has 0 unspecified atom stereocenters. The molecule has 0 saturated heterocycles. The average molecular weight is 183 g/mol. The molecule has 0 aliphatic carbocycles. The van der Waals surface area contributed by atoms with Crippen molar-refractivity contribution in [3.05, 3.63) is 11.8 Å². The number of aromatic nitrogens is 2. The third kappa shape index (κ3) is 2.47. The fraction of sp³-hybridized carbons (Fsp3) is 0.500. The van der Waals surface area contributed by atoms with Gasteiger partial charge in [-0.2, -0.15) is 0 Å². The molecule has 0 bridgehead atoms. The van der Waals surface area contributed by atoms with Gasteiger partial charge in [-0.3, -0.25) is 5.10 Å². The molecule has 1 rings (SSSR count). The molecule has 5 heteroatoms. The van der Waals surface area contributed by atoms with Crippen molar-refractivity contribution in [3.8, 4) is 5.88 Å². The number of carbonyl (C=O) groups is 1. The van der Waals surface area contributed by atoms with Gasteiger partial charge >= 0.3 is 6.09 Å². The van der Waals surface area contributed by atoms with Crippen molar-refractivity contribution in [2.45, 2.75) is 26.2 Å². The summed E-state index contributed by atoms with van der Waals surface area (Å²) in [5.74, 6) is 0.206. The Morgan fingerprint density at radius 2 is 2.23 bits per heavy atom. The summed E-state index contributed by atoms with van der Waals surface area (Å²) in [6, 6.07) is 1.66. The zero-order chi connectivity index (χ0) is 10.1. The number of nitrogens with one attached hydrogen (secondary N) is 1. The van der Waals surface area contributed by atoms with Crippen molar-refractivity contribution in [2.24, 2.45) is 5.73 Å². The molecule has 0 fully saturated rings. The van der Waals surface area contributed by atoms with Gasteiger partial charge in [-0.15, -0.1) is 5.10 Å². The van der Waals surface area contributed by atoms with Gasteiger partial charge in [0, 0.05) is 17.2 Å². The first-order valence-corrected chi connectivity index (χ1v) is 3.93. The molecule has 3 N–H and O–H groups in total. The van der Waals surface area contributed by atoms with E-state index in [1.165, 1.54) is 0 Å². The van der Waals surface area contributed by atoms with Crippen LogP contribution >= 0.6 is 0 Å². The highest BCUT2D eigenvalue weighted by Gasteiger charge is 2.17. The zero-order valence-corrected chi connectivity index (χ0v) is 7.92. The molecule has 0 aromatic carbocycles. The lowest BCUT2D eigenvalue weighted by Crippen LogP contribution is -2.16. The fourth-order valence-electron chi connectivity index (χ4n) is 0.843. The van der Waals surface area contributed by atoms with Gasteiger partial charge in [0.2, 0.25) is 5.88 Å². The van der Waals surface area contributed by atoms with E-state index in [9.17, 15) is 4.79 Å². The van der Waals surface area contributed by atoms with Crippen LogP contribution in [0.3, 0.4) is 0 Å². The highest BCUT2D eigenvalue weighted by Crippen LogP contribution is 2.22. The molecule has 72 valence electrons. The van der Waals surface area contributed by atoms with Crippen LogP contribution < -0.4 is 10.5 Å². The summed E-state index contributed by atoms with van der Waals surface area (Å²) < 4.78 is 4.59. The van der Waals surface area contributed by atoms with E-state index in [4.69, 9.17) is 5.73 Å². The van der Waals surface area contributed by atoms with E-state index < -0.39 is 6.09 Å². The third-order valence-electron chi connectivity index (χ3n) is 1.57. The highest BCUT2D eigenvalue weighted by atomic mass is 16.6. The molecule has 0 radical (unpaired) electrons. The van der Waals surface area contributed by atoms with Crippen LogP contribution in [-0.2, 0) is 5.41 Å². The van der Waals surface area contributed by atoms with E-state index in [0.29, 0.717) is 0 Å². The van der Waals surface area contributed by atoms with Gasteiger partial charge < -0.3 is 10.5 Å². The Morgan fingerprint density at radius 1 is 1.62 bits per heavy atom. The molecular weight excluding hydrogens is 170 g/mol. The first kappa shape index (κ1) is 9.57. The summed E-state index contributed by atoms with van der Waals surface area (Å²) in [7, 11) is 0. The Morgan fingerprint density at radius 3 is 2.62 bits per heavy atom. The first-order valence-electron chi connectivity index (χ1n) is 3.93. The number of nitrogens with two attached hydrogens (primary N) is 1. The van der Waals surface area contributed by atoms with Crippen molar-refractivity contribution in [1.29, 1.82) is 0 Å². The van der Waals surface area contributed by atoms with Crippen LogP contribution in [0.15, 0.2) is 6.07 Å². The van der Waals surface area contributed by atoms with E-state index in [2.05, 4.69) is 14.9 Å². The Hall–Kier alpha value is -1.52. The molecular formula is C8H13N3O2. The SMILES string of the molecule is CC(C)(C)c1cc(OC(N)=O)n[nH]1. The van der Waals surface area contributed by atoms with E-state index in [1.54, 1.807) is 6.07 Å². The van der Waals surface area contributed by atoms with Gasteiger partial charge in [-0.05, 0) is 0 Å². The maximum atomic E-state index is 10.4. The Labute approximate surface area is 76.3 Å². The molecule has 5 nitrogen and oxygen atoms in total. The first-order chi connectivity index (χ1) is 5.89. The van der Waals surface area contributed by atoms with Crippen LogP contribution in [0, 0.1) is 0 Å². The monoisotopic (exact) mass is 183 g/mol. The number of primary amides is 1. The van der Waals surface area contributed by atoms with Gasteiger partial charge in [-0.25, -0.2) is 4.79 Å². The Balaban J connectivity index is 2.81. The van der Waals surface area contributed by atoms with Crippen LogP contribution in [0.25, 0.3) is 0 Å². The Kier molecular flexibility index (Phi) is 2.27. The van der Waals surface area contributed by atoms with Crippen LogP contribution in [0.5, 0.6) is 5.88 Å². The summed E-state index contributed by atoms with van der Waals surface area (Å²) in [6.45, 7) is 6.07. The van der Waals surface area contributed by atoms with Crippen LogP contribution in [0.4, 0.5) is 4.79 Å². The molecule has 1 aromatic rings. The van der Waals surface area contributed by atoms with Gasteiger partial charge in [0.05, 0.1) is 0 Å². The highest BCUT2D eigenvalue weighted by molar-refractivity contribution is 5.67. The predicted octanol–water partition coefficient (Wildman–Crippen LogP) is 1.16. The van der Waals surface area contributed by atoms with Crippen molar-refractivity contribution < 1.29 is 9.53 Å². The normalized spacial score (nSPS) is 11.3. The van der Waals surface area contributed by atoms with E-state index >= 15 is 0 Å². The molecule has 13 heavy (non-hydrogen) atoms. The van der Waals surface area contributed by atoms with Crippen molar-refractivity contribution in [3.63, 3.8) is 0 Å². The molecule has 0 spiro atoms. The minimum absolute atomic E-state index is 0.0493. The number of aromatic amines is 1. The molecule has 0 aliphatic heterocycles.